The summed E-state index contributed by atoms with van der Waals surface area (Å²) < 4.78 is 5.85. The highest BCUT2D eigenvalue weighted by Gasteiger charge is 2.07. The lowest BCUT2D eigenvalue weighted by atomic mass is 10.1. The van der Waals surface area contributed by atoms with Crippen LogP contribution in [0.25, 0.3) is 11.3 Å². The molecule has 0 saturated heterocycles. The molecule has 5 heteroatoms. The monoisotopic (exact) mass is 355 g/mol. The predicted octanol–water partition coefficient (Wildman–Crippen LogP) is 4.90. The topological polar surface area (TPSA) is 62.5 Å². The Morgan fingerprint density at radius 3 is 2.52 bits per heavy atom. The molecule has 3 rings (SSSR count). The number of nitrogens with one attached hydrogen (secondary N) is 1. The second kappa shape index (κ2) is 7.55. The van der Waals surface area contributed by atoms with Crippen LogP contribution in [0.15, 0.2) is 59.0 Å². The number of furan rings is 1. The average Bonchev–Trinajstić information content (AvgIpc) is 3.07. The second-order valence-corrected chi connectivity index (χ2v) is 6.24. The molecule has 1 heterocycles. The molecule has 4 nitrogen and oxygen atoms in total. The Morgan fingerprint density at radius 2 is 1.84 bits per heavy atom. The minimum Gasteiger partial charge on any atom is -0.478 e. The lowest BCUT2D eigenvalue weighted by Crippen LogP contribution is -2.12. The summed E-state index contributed by atoms with van der Waals surface area (Å²) in [5.74, 6) is 0.692. The Hall–Kier alpha value is -2.56. The maximum Gasteiger partial charge on any atom is 0.335 e. The molecule has 0 unspecified atom stereocenters. The molecule has 0 radical (unpaired) electrons. The Kier molecular flexibility index (Phi) is 5.22. The van der Waals surface area contributed by atoms with Gasteiger partial charge < -0.3 is 14.8 Å². The number of carboxylic acid groups (broad SMARTS) is 1. The largest absolute Gasteiger partial charge is 0.478 e. The summed E-state index contributed by atoms with van der Waals surface area (Å²) >= 11 is 6.16. The van der Waals surface area contributed by atoms with Crippen LogP contribution < -0.4 is 5.32 Å². The molecular formula is C20H18ClNO3. The van der Waals surface area contributed by atoms with Gasteiger partial charge in [-0.15, -0.1) is 0 Å². The molecule has 1 aromatic heterocycles. The molecule has 0 fully saturated rings. The molecule has 0 aliphatic carbocycles. The van der Waals surface area contributed by atoms with Crippen LogP contribution in [0.1, 0.15) is 27.2 Å². The van der Waals surface area contributed by atoms with Crippen molar-refractivity contribution in [1.82, 2.24) is 5.32 Å². The Bertz CT molecular complexity index is 884. The van der Waals surface area contributed by atoms with Crippen molar-refractivity contribution in [3.8, 4) is 11.3 Å². The van der Waals surface area contributed by atoms with Gasteiger partial charge in [0.25, 0.3) is 0 Å². The van der Waals surface area contributed by atoms with Crippen LogP contribution in [-0.2, 0) is 13.1 Å². The minimum atomic E-state index is -0.918. The lowest BCUT2D eigenvalue weighted by molar-refractivity contribution is 0.0697. The Morgan fingerprint density at radius 1 is 1.08 bits per heavy atom. The first-order valence-corrected chi connectivity index (χ1v) is 8.29. The van der Waals surface area contributed by atoms with Crippen LogP contribution in [0.4, 0.5) is 0 Å². The van der Waals surface area contributed by atoms with Crippen molar-refractivity contribution in [2.45, 2.75) is 20.0 Å². The number of hydrogen-bond donors (Lipinski definition) is 2. The van der Waals surface area contributed by atoms with Gasteiger partial charge in [0.05, 0.1) is 12.1 Å². The number of hydrogen-bond acceptors (Lipinski definition) is 3. The van der Waals surface area contributed by atoms with Crippen molar-refractivity contribution in [2.24, 2.45) is 0 Å². The van der Waals surface area contributed by atoms with E-state index in [9.17, 15) is 4.79 Å². The Balaban J connectivity index is 1.58. The lowest BCUT2D eigenvalue weighted by Gasteiger charge is -2.04. The van der Waals surface area contributed by atoms with Crippen LogP contribution in [0.2, 0.25) is 5.02 Å². The van der Waals surface area contributed by atoms with Crippen molar-refractivity contribution < 1.29 is 14.3 Å². The van der Waals surface area contributed by atoms with Gasteiger partial charge in [-0.25, -0.2) is 4.79 Å². The first-order chi connectivity index (χ1) is 12.0. The van der Waals surface area contributed by atoms with Gasteiger partial charge in [-0.2, -0.15) is 0 Å². The van der Waals surface area contributed by atoms with Gasteiger partial charge in [-0.1, -0.05) is 35.9 Å². The van der Waals surface area contributed by atoms with Crippen molar-refractivity contribution in [3.63, 3.8) is 0 Å². The Labute approximate surface area is 151 Å². The summed E-state index contributed by atoms with van der Waals surface area (Å²) in [5.41, 5.74) is 3.29. The molecule has 0 spiro atoms. The van der Waals surface area contributed by atoms with Crippen LogP contribution in [0.3, 0.4) is 0 Å². The van der Waals surface area contributed by atoms with Gasteiger partial charge >= 0.3 is 5.97 Å². The number of rotatable bonds is 6. The fourth-order valence-corrected chi connectivity index (χ4v) is 2.65. The first-order valence-electron chi connectivity index (χ1n) is 7.91. The summed E-state index contributed by atoms with van der Waals surface area (Å²) in [5, 5.41) is 12.9. The number of aryl methyl sites for hydroxylation is 1. The van der Waals surface area contributed by atoms with Crippen molar-refractivity contribution in [1.29, 1.82) is 0 Å². The normalized spacial score (nSPS) is 10.8. The van der Waals surface area contributed by atoms with E-state index in [1.807, 2.05) is 37.3 Å². The van der Waals surface area contributed by atoms with E-state index in [2.05, 4.69) is 5.32 Å². The third kappa shape index (κ3) is 4.29. The SMILES string of the molecule is Cc1ccc(-c2ccc(CNCc3ccc(C(=O)O)cc3)o2)cc1Cl. The van der Waals surface area contributed by atoms with E-state index in [1.165, 1.54) is 0 Å². The van der Waals surface area contributed by atoms with Gasteiger partial charge in [0.1, 0.15) is 11.5 Å². The highest BCUT2D eigenvalue weighted by molar-refractivity contribution is 6.31. The molecular weight excluding hydrogens is 338 g/mol. The maximum absolute atomic E-state index is 10.8. The molecule has 0 aliphatic heterocycles. The standard InChI is InChI=1S/C20H18ClNO3/c1-13-2-5-16(10-18(13)21)19-9-8-17(25-19)12-22-11-14-3-6-15(7-4-14)20(23)24/h2-10,22H,11-12H2,1H3,(H,23,24). The van der Waals surface area contributed by atoms with Gasteiger partial charge in [0.15, 0.2) is 0 Å². The van der Waals surface area contributed by atoms with Crippen LogP contribution in [-0.4, -0.2) is 11.1 Å². The number of aromatic carboxylic acids is 1. The zero-order valence-electron chi connectivity index (χ0n) is 13.8. The fraction of sp³-hybridized carbons (Fsp3) is 0.150. The molecule has 3 aromatic rings. The van der Waals surface area contributed by atoms with E-state index >= 15 is 0 Å². The summed E-state index contributed by atoms with van der Waals surface area (Å²) in [4.78, 5) is 10.8. The van der Waals surface area contributed by atoms with Crippen LogP contribution in [0.5, 0.6) is 0 Å². The maximum atomic E-state index is 10.8. The van der Waals surface area contributed by atoms with Crippen LogP contribution in [0, 0.1) is 6.92 Å². The van der Waals surface area contributed by atoms with E-state index < -0.39 is 5.97 Å². The summed E-state index contributed by atoms with van der Waals surface area (Å²) in [7, 11) is 0. The third-order valence-electron chi connectivity index (χ3n) is 3.95. The zero-order chi connectivity index (χ0) is 17.8. The van der Waals surface area contributed by atoms with Gasteiger partial charge in [-0.05, 0) is 48.4 Å². The highest BCUT2D eigenvalue weighted by atomic mass is 35.5. The zero-order valence-corrected chi connectivity index (χ0v) is 14.5. The number of carboxylic acids is 1. The number of benzene rings is 2. The molecule has 0 aliphatic rings. The molecule has 0 atom stereocenters. The predicted molar refractivity (Wildman–Crippen MR) is 97.8 cm³/mol. The van der Waals surface area contributed by atoms with Gasteiger partial charge in [-0.3, -0.25) is 0 Å². The third-order valence-corrected chi connectivity index (χ3v) is 4.35. The van der Waals surface area contributed by atoms with Crippen molar-refractivity contribution in [2.75, 3.05) is 0 Å². The van der Waals surface area contributed by atoms with Crippen molar-refractivity contribution in [3.05, 3.63) is 82.1 Å². The average molecular weight is 356 g/mol. The minimum absolute atomic E-state index is 0.288. The molecule has 0 bridgehead atoms. The van der Waals surface area contributed by atoms with Crippen molar-refractivity contribution >= 4 is 17.6 Å². The molecule has 2 aromatic carbocycles. The number of halogens is 1. The van der Waals surface area contributed by atoms with Crippen LogP contribution >= 0.6 is 11.6 Å². The fourth-order valence-electron chi connectivity index (χ4n) is 2.47. The molecule has 2 N–H and O–H groups in total. The van der Waals surface area contributed by atoms with Gasteiger partial charge in [0, 0.05) is 17.1 Å². The van der Waals surface area contributed by atoms with Gasteiger partial charge in [0.2, 0.25) is 0 Å². The quantitative estimate of drug-likeness (QED) is 0.660. The molecule has 128 valence electrons. The summed E-state index contributed by atoms with van der Waals surface area (Å²) in [6.45, 7) is 3.18. The highest BCUT2D eigenvalue weighted by Crippen LogP contribution is 2.26. The summed E-state index contributed by atoms with van der Waals surface area (Å²) in [6, 6.07) is 16.5. The van der Waals surface area contributed by atoms with E-state index in [-0.39, 0.29) is 5.56 Å². The molecule has 25 heavy (non-hydrogen) atoms. The molecule has 0 amide bonds. The summed E-state index contributed by atoms with van der Waals surface area (Å²) in [6.07, 6.45) is 0. The van der Waals surface area contributed by atoms with E-state index in [0.29, 0.717) is 13.1 Å². The van der Waals surface area contributed by atoms with E-state index in [4.69, 9.17) is 21.1 Å². The number of carbonyl (C=O) groups is 1. The smallest absolute Gasteiger partial charge is 0.335 e. The van der Waals surface area contributed by atoms with E-state index in [0.717, 1.165) is 33.2 Å². The van der Waals surface area contributed by atoms with E-state index in [1.54, 1.807) is 24.3 Å². The second-order valence-electron chi connectivity index (χ2n) is 5.84. The first kappa shape index (κ1) is 17.3. The molecule has 0 saturated carbocycles.